The standard InChI is InChI=1S/C16H19N3O4/c1-2-14-17-18-15(23-14)13-8-12(20)9-19(13)16(21)22-10-11-6-4-3-5-7-11/h3-7,12-13,20H,2,8-10H2,1H3/t12-,13-/m1/s1. The number of hydrogen-bond donors (Lipinski definition) is 1. The molecule has 3 rings (SSSR count). The highest BCUT2D eigenvalue weighted by atomic mass is 16.6. The van der Waals surface area contributed by atoms with E-state index in [4.69, 9.17) is 9.15 Å². The van der Waals surface area contributed by atoms with E-state index in [1.807, 2.05) is 37.3 Å². The molecule has 1 aliphatic rings. The monoisotopic (exact) mass is 317 g/mol. The molecule has 0 bridgehead atoms. The van der Waals surface area contributed by atoms with Crippen LogP contribution in [0.25, 0.3) is 0 Å². The third-order valence-corrected chi connectivity index (χ3v) is 3.79. The first-order valence-electron chi connectivity index (χ1n) is 7.65. The second-order valence-corrected chi connectivity index (χ2v) is 5.49. The number of ether oxygens (including phenoxy) is 1. The van der Waals surface area contributed by atoms with E-state index >= 15 is 0 Å². The van der Waals surface area contributed by atoms with Crippen molar-refractivity contribution in [1.82, 2.24) is 15.1 Å². The Labute approximate surface area is 133 Å². The van der Waals surface area contributed by atoms with E-state index in [0.29, 0.717) is 24.6 Å². The van der Waals surface area contributed by atoms with E-state index < -0.39 is 18.2 Å². The summed E-state index contributed by atoms with van der Waals surface area (Å²) >= 11 is 0. The van der Waals surface area contributed by atoms with Crippen LogP contribution in [0, 0.1) is 0 Å². The van der Waals surface area contributed by atoms with Gasteiger partial charge in [0.2, 0.25) is 11.8 Å². The molecule has 122 valence electrons. The zero-order valence-corrected chi connectivity index (χ0v) is 12.9. The Morgan fingerprint density at radius 3 is 2.87 bits per heavy atom. The van der Waals surface area contributed by atoms with Gasteiger partial charge in [-0.1, -0.05) is 37.3 Å². The van der Waals surface area contributed by atoms with Gasteiger partial charge in [-0.25, -0.2) is 4.79 Å². The molecule has 0 aliphatic carbocycles. The largest absolute Gasteiger partial charge is 0.445 e. The molecule has 23 heavy (non-hydrogen) atoms. The molecule has 7 heteroatoms. The Morgan fingerprint density at radius 2 is 2.17 bits per heavy atom. The van der Waals surface area contributed by atoms with Crippen LogP contribution in [0.1, 0.15) is 36.7 Å². The first-order chi connectivity index (χ1) is 11.2. The maximum Gasteiger partial charge on any atom is 0.410 e. The van der Waals surface area contributed by atoms with Crippen LogP contribution in [0.5, 0.6) is 0 Å². The van der Waals surface area contributed by atoms with E-state index in [2.05, 4.69) is 10.2 Å². The average Bonchev–Trinajstić information content (AvgIpc) is 3.19. The lowest BCUT2D eigenvalue weighted by Crippen LogP contribution is -2.32. The normalized spacial score (nSPS) is 20.7. The molecule has 0 unspecified atom stereocenters. The minimum atomic E-state index is -0.624. The van der Waals surface area contributed by atoms with E-state index in [1.165, 1.54) is 4.90 Å². The second-order valence-electron chi connectivity index (χ2n) is 5.49. The zero-order chi connectivity index (χ0) is 16.2. The number of nitrogens with zero attached hydrogens (tertiary/aromatic N) is 3. The molecule has 2 aromatic rings. The summed E-state index contributed by atoms with van der Waals surface area (Å²) in [6.07, 6.45) is -0.125. The molecule has 0 saturated carbocycles. The van der Waals surface area contributed by atoms with Crippen LogP contribution >= 0.6 is 0 Å². The maximum absolute atomic E-state index is 12.3. The van der Waals surface area contributed by atoms with Crippen molar-refractivity contribution < 1.29 is 19.1 Å². The highest BCUT2D eigenvalue weighted by molar-refractivity contribution is 5.68. The van der Waals surface area contributed by atoms with Crippen molar-refractivity contribution in [3.05, 3.63) is 47.7 Å². The number of β-amino-alcohol motifs (C(OH)–C–C–N with tert-alkyl or cyclic N) is 1. The van der Waals surface area contributed by atoms with E-state index in [9.17, 15) is 9.90 Å². The Kier molecular flexibility index (Phi) is 4.57. The molecule has 1 aliphatic heterocycles. The number of likely N-dealkylation sites (tertiary alicyclic amines) is 1. The summed E-state index contributed by atoms with van der Waals surface area (Å²) in [6, 6.07) is 9.00. The molecule has 1 N–H and O–H groups in total. The third-order valence-electron chi connectivity index (χ3n) is 3.79. The van der Waals surface area contributed by atoms with Gasteiger partial charge in [-0.2, -0.15) is 0 Å². The second kappa shape index (κ2) is 6.78. The van der Waals surface area contributed by atoms with Crippen molar-refractivity contribution >= 4 is 6.09 Å². The molecule has 7 nitrogen and oxygen atoms in total. The molecular formula is C16H19N3O4. The number of aromatic nitrogens is 2. The van der Waals surface area contributed by atoms with Gasteiger partial charge >= 0.3 is 6.09 Å². The predicted octanol–water partition coefficient (Wildman–Crippen LogP) is 2.08. The minimum Gasteiger partial charge on any atom is -0.445 e. The average molecular weight is 317 g/mol. The van der Waals surface area contributed by atoms with Gasteiger partial charge in [0, 0.05) is 12.8 Å². The van der Waals surface area contributed by atoms with Gasteiger partial charge in [-0.3, -0.25) is 4.90 Å². The van der Waals surface area contributed by atoms with Gasteiger partial charge in [0.05, 0.1) is 12.6 Å². The molecule has 1 amide bonds. The van der Waals surface area contributed by atoms with Gasteiger partial charge in [0.15, 0.2) is 0 Å². The lowest BCUT2D eigenvalue weighted by molar-refractivity contribution is 0.0840. The number of carbonyl (C=O) groups excluding carboxylic acids is 1. The number of aliphatic hydroxyl groups excluding tert-OH is 1. The number of amides is 1. The molecular weight excluding hydrogens is 298 g/mol. The first-order valence-corrected chi connectivity index (χ1v) is 7.65. The molecule has 2 heterocycles. The van der Waals surface area contributed by atoms with Crippen molar-refractivity contribution in [1.29, 1.82) is 0 Å². The SMILES string of the molecule is CCc1nnc([C@H]2C[C@@H](O)CN2C(=O)OCc2ccccc2)o1. The minimum absolute atomic E-state index is 0.184. The highest BCUT2D eigenvalue weighted by Gasteiger charge is 2.39. The number of aliphatic hydroxyl groups is 1. The number of aryl methyl sites for hydroxylation is 1. The van der Waals surface area contributed by atoms with Crippen molar-refractivity contribution in [3.63, 3.8) is 0 Å². The lowest BCUT2D eigenvalue weighted by Gasteiger charge is -2.21. The first kappa shape index (κ1) is 15.5. The van der Waals surface area contributed by atoms with Gasteiger partial charge in [0.25, 0.3) is 0 Å². The molecule has 1 aromatic carbocycles. The fourth-order valence-corrected chi connectivity index (χ4v) is 2.60. The number of hydrogen-bond acceptors (Lipinski definition) is 6. The van der Waals surface area contributed by atoms with Crippen molar-refractivity contribution in [3.8, 4) is 0 Å². The summed E-state index contributed by atoms with van der Waals surface area (Å²) in [7, 11) is 0. The Hall–Kier alpha value is -2.41. The molecule has 2 atom stereocenters. The van der Waals surface area contributed by atoms with Crippen LogP contribution in [-0.4, -0.2) is 38.9 Å². The Bertz CT molecular complexity index is 658. The summed E-state index contributed by atoms with van der Waals surface area (Å²) in [5, 5.41) is 17.8. The van der Waals surface area contributed by atoms with Crippen molar-refractivity contribution in [2.75, 3.05) is 6.54 Å². The van der Waals surface area contributed by atoms with Crippen molar-refractivity contribution in [2.45, 2.75) is 38.5 Å². The topological polar surface area (TPSA) is 88.7 Å². The van der Waals surface area contributed by atoms with E-state index in [-0.39, 0.29) is 13.2 Å². The summed E-state index contributed by atoms with van der Waals surface area (Å²) in [6.45, 7) is 2.29. The maximum atomic E-state index is 12.3. The van der Waals surface area contributed by atoms with E-state index in [0.717, 1.165) is 5.56 Å². The quantitative estimate of drug-likeness (QED) is 0.928. The molecule has 0 radical (unpaired) electrons. The molecule has 0 spiro atoms. The van der Waals surface area contributed by atoms with Crippen LogP contribution in [0.3, 0.4) is 0 Å². The van der Waals surface area contributed by atoms with Gasteiger partial charge < -0.3 is 14.3 Å². The smallest absolute Gasteiger partial charge is 0.410 e. The van der Waals surface area contributed by atoms with Gasteiger partial charge in [-0.05, 0) is 5.56 Å². The number of rotatable bonds is 4. The summed E-state index contributed by atoms with van der Waals surface area (Å²) < 4.78 is 10.9. The van der Waals surface area contributed by atoms with Crippen molar-refractivity contribution in [2.24, 2.45) is 0 Å². The molecule has 1 saturated heterocycles. The molecule has 1 fully saturated rings. The van der Waals surface area contributed by atoms with Crippen LogP contribution in [0.15, 0.2) is 34.7 Å². The number of carbonyl (C=O) groups is 1. The zero-order valence-electron chi connectivity index (χ0n) is 12.9. The van der Waals surface area contributed by atoms with E-state index in [1.54, 1.807) is 0 Å². The predicted molar refractivity (Wildman–Crippen MR) is 80.4 cm³/mol. The fraction of sp³-hybridized carbons (Fsp3) is 0.438. The summed E-state index contributed by atoms with van der Waals surface area (Å²) in [4.78, 5) is 13.8. The van der Waals surface area contributed by atoms with Gasteiger partial charge in [-0.15, -0.1) is 10.2 Å². The van der Waals surface area contributed by atoms with Crippen LogP contribution in [0.2, 0.25) is 0 Å². The Balaban J connectivity index is 1.67. The summed E-state index contributed by atoms with van der Waals surface area (Å²) in [5.74, 6) is 0.856. The Morgan fingerprint density at radius 1 is 1.39 bits per heavy atom. The van der Waals surface area contributed by atoms with Crippen LogP contribution < -0.4 is 0 Å². The summed E-state index contributed by atoms with van der Waals surface area (Å²) in [5.41, 5.74) is 0.906. The van der Waals surface area contributed by atoms with Gasteiger partial charge in [0.1, 0.15) is 12.6 Å². The lowest BCUT2D eigenvalue weighted by atomic mass is 10.2. The number of benzene rings is 1. The highest BCUT2D eigenvalue weighted by Crippen LogP contribution is 2.32. The molecule has 1 aromatic heterocycles. The van der Waals surface area contributed by atoms with Crippen LogP contribution in [-0.2, 0) is 17.8 Å². The van der Waals surface area contributed by atoms with Crippen LogP contribution in [0.4, 0.5) is 4.79 Å². The third kappa shape index (κ3) is 3.50. The fourth-order valence-electron chi connectivity index (χ4n) is 2.60.